The van der Waals surface area contributed by atoms with Gasteiger partial charge in [-0.2, -0.15) is 8.78 Å². The molecule has 1 aromatic rings. The van der Waals surface area contributed by atoms with Crippen molar-refractivity contribution in [1.82, 2.24) is 0 Å². The normalized spacial score (nSPS) is 14.9. The van der Waals surface area contributed by atoms with Gasteiger partial charge in [-0.1, -0.05) is 44.2 Å². The molecule has 0 radical (unpaired) electrons. The van der Waals surface area contributed by atoms with Crippen LogP contribution in [0.1, 0.15) is 19.4 Å². The molecule has 0 spiro atoms. The second kappa shape index (κ2) is 4.80. The summed E-state index contributed by atoms with van der Waals surface area (Å²) in [5.41, 5.74) is 0.0391. The fourth-order valence-electron chi connectivity index (χ4n) is 1.66. The molecule has 0 heterocycles. The van der Waals surface area contributed by atoms with Crippen molar-refractivity contribution in [2.45, 2.75) is 31.2 Å². The number of benzene rings is 1. The molecule has 1 aromatic carbocycles. The van der Waals surface area contributed by atoms with Crippen molar-refractivity contribution in [3.63, 3.8) is 0 Å². The van der Waals surface area contributed by atoms with E-state index in [9.17, 15) is 13.9 Å². The molecule has 0 aromatic heterocycles. The molecule has 4 heteroatoms. The van der Waals surface area contributed by atoms with Gasteiger partial charge in [0, 0.05) is 5.41 Å². The fourth-order valence-corrected chi connectivity index (χ4v) is 2.28. The second-order valence-electron chi connectivity index (χ2n) is 4.60. The number of aliphatic hydroxyl groups excluding tert-OH is 1. The van der Waals surface area contributed by atoms with E-state index in [2.05, 4.69) is 15.9 Å². The predicted molar refractivity (Wildman–Crippen MR) is 63.8 cm³/mol. The van der Waals surface area contributed by atoms with Crippen molar-refractivity contribution in [3.8, 4) is 0 Å². The summed E-state index contributed by atoms with van der Waals surface area (Å²) < 4.78 is 26.0. The highest BCUT2D eigenvalue weighted by Gasteiger charge is 2.45. The molecule has 0 aliphatic rings. The molecule has 0 aliphatic heterocycles. The molecule has 1 N–H and O–H groups in total. The monoisotopic (exact) mass is 292 g/mol. The average Bonchev–Trinajstić information content (AvgIpc) is 2.16. The van der Waals surface area contributed by atoms with E-state index >= 15 is 0 Å². The molecule has 0 aliphatic carbocycles. The van der Waals surface area contributed by atoms with E-state index < -0.39 is 16.4 Å². The summed E-state index contributed by atoms with van der Waals surface area (Å²) in [6.45, 7) is 3.25. The van der Waals surface area contributed by atoms with Crippen molar-refractivity contribution in [1.29, 1.82) is 0 Å². The van der Waals surface area contributed by atoms with Crippen LogP contribution in [0.2, 0.25) is 0 Å². The van der Waals surface area contributed by atoms with Crippen molar-refractivity contribution >= 4 is 15.9 Å². The molecule has 1 nitrogen and oxygen atoms in total. The van der Waals surface area contributed by atoms with E-state index in [4.69, 9.17) is 0 Å². The van der Waals surface area contributed by atoms with Gasteiger partial charge < -0.3 is 5.11 Å². The largest absolute Gasteiger partial charge is 0.385 e. The van der Waals surface area contributed by atoms with Crippen LogP contribution in [0.15, 0.2) is 30.3 Å². The van der Waals surface area contributed by atoms with Crippen LogP contribution in [0.3, 0.4) is 0 Å². The summed E-state index contributed by atoms with van der Waals surface area (Å²) in [6, 6.07) is 9.29. The number of hydrogen-bond donors (Lipinski definition) is 1. The van der Waals surface area contributed by atoms with Crippen LogP contribution in [-0.4, -0.2) is 16.0 Å². The number of aliphatic hydroxyl groups is 1. The third-order valence-electron chi connectivity index (χ3n) is 2.55. The summed E-state index contributed by atoms with van der Waals surface area (Å²) in [4.78, 5) is -3.26. The minimum atomic E-state index is -3.26. The Labute approximate surface area is 103 Å². The van der Waals surface area contributed by atoms with Gasteiger partial charge in [-0.25, -0.2) is 0 Å². The topological polar surface area (TPSA) is 20.2 Å². The number of rotatable bonds is 4. The van der Waals surface area contributed by atoms with Gasteiger partial charge in [0.25, 0.3) is 0 Å². The van der Waals surface area contributed by atoms with Crippen LogP contribution in [-0.2, 0) is 6.42 Å². The molecule has 0 fully saturated rings. The van der Waals surface area contributed by atoms with E-state index in [-0.39, 0.29) is 0 Å². The Morgan fingerprint density at radius 1 is 1.25 bits per heavy atom. The Hall–Kier alpha value is -0.480. The molecule has 1 atom stereocenters. The highest BCUT2D eigenvalue weighted by molar-refractivity contribution is 9.10. The van der Waals surface area contributed by atoms with Gasteiger partial charge in [0.15, 0.2) is 0 Å². The molecular formula is C12H15BrF2O. The highest BCUT2D eigenvalue weighted by Crippen LogP contribution is 2.38. The van der Waals surface area contributed by atoms with Crippen LogP contribution in [0.4, 0.5) is 8.78 Å². The molecule has 0 amide bonds. The van der Waals surface area contributed by atoms with Crippen LogP contribution in [0, 0.1) is 5.41 Å². The molecule has 16 heavy (non-hydrogen) atoms. The molecule has 0 saturated heterocycles. The van der Waals surface area contributed by atoms with Gasteiger partial charge in [-0.15, -0.1) is 0 Å². The Balaban J connectivity index is 2.80. The van der Waals surface area contributed by atoms with Crippen molar-refractivity contribution in [2.75, 3.05) is 0 Å². The minimum Gasteiger partial charge on any atom is -0.385 e. The van der Waals surface area contributed by atoms with E-state index in [1.807, 2.05) is 30.3 Å². The number of alkyl halides is 3. The zero-order valence-corrected chi connectivity index (χ0v) is 10.8. The second-order valence-corrected chi connectivity index (χ2v) is 5.65. The summed E-state index contributed by atoms with van der Waals surface area (Å²) in [7, 11) is 0. The quantitative estimate of drug-likeness (QED) is 0.841. The standard InChI is InChI=1S/C12H15BrF2O/c1-11(2,10(16)12(13,14)15)8-9-6-4-3-5-7-9/h3-7,10,16H,8H2,1-2H3/t10-/m0/s1. The first-order chi connectivity index (χ1) is 7.23. The highest BCUT2D eigenvalue weighted by atomic mass is 79.9. The Bertz CT molecular complexity index is 333. The molecule has 0 unspecified atom stereocenters. The number of halogens is 3. The summed E-state index contributed by atoms with van der Waals surface area (Å²) in [5, 5.41) is 9.58. The minimum absolute atomic E-state index is 0.399. The van der Waals surface area contributed by atoms with Gasteiger partial charge >= 0.3 is 4.83 Å². The van der Waals surface area contributed by atoms with E-state index in [0.717, 1.165) is 5.56 Å². The van der Waals surface area contributed by atoms with Gasteiger partial charge in [0.05, 0.1) is 0 Å². The SMILES string of the molecule is CC(C)(Cc1ccccc1)[C@H](O)C(F)(F)Br. The Morgan fingerprint density at radius 3 is 2.19 bits per heavy atom. The molecule has 0 saturated carbocycles. The first kappa shape index (κ1) is 13.6. The lowest BCUT2D eigenvalue weighted by Gasteiger charge is -2.33. The summed E-state index contributed by atoms with van der Waals surface area (Å²) >= 11 is 2.21. The zero-order chi connectivity index (χ0) is 12.4. The van der Waals surface area contributed by atoms with Gasteiger partial charge in [-0.05, 0) is 27.9 Å². The average molecular weight is 293 g/mol. The van der Waals surface area contributed by atoms with Crippen LogP contribution in [0.25, 0.3) is 0 Å². The lowest BCUT2D eigenvalue weighted by molar-refractivity contribution is -0.0885. The maximum Gasteiger partial charge on any atom is 0.327 e. The van der Waals surface area contributed by atoms with Crippen molar-refractivity contribution in [3.05, 3.63) is 35.9 Å². The van der Waals surface area contributed by atoms with Crippen molar-refractivity contribution in [2.24, 2.45) is 5.41 Å². The smallest absolute Gasteiger partial charge is 0.327 e. The maximum absolute atomic E-state index is 13.0. The number of hydrogen-bond acceptors (Lipinski definition) is 1. The summed E-state index contributed by atoms with van der Waals surface area (Å²) in [5.74, 6) is 0. The molecule has 0 bridgehead atoms. The predicted octanol–water partition coefficient (Wildman–Crippen LogP) is 3.60. The molecular weight excluding hydrogens is 278 g/mol. The summed E-state index contributed by atoms with van der Waals surface area (Å²) in [6.07, 6.45) is -1.32. The van der Waals surface area contributed by atoms with Gasteiger partial charge in [0.1, 0.15) is 6.10 Å². The molecule has 1 rings (SSSR count). The van der Waals surface area contributed by atoms with E-state index in [1.54, 1.807) is 13.8 Å². The van der Waals surface area contributed by atoms with E-state index in [1.165, 1.54) is 0 Å². The first-order valence-electron chi connectivity index (χ1n) is 5.02. The Kier molecular flexibility index (Phi) is 4.07. The van der Waals surface area contributed by atoms with E-state index in [0.29, 0.717) is 6.42 Å². The first-order valence-corrected chi connectivity index (χ1v) is 5.81. The van der Waals surface area contributed by atoms with Crippen LogP contribution >= 0.6 is 15.9 Å². The molecule has 90 valence electrons. The fraction of sp³-hybridized carbons (Fsp3) is 0.500. The lowest BCUT2D eigenvalue weighted by Crippen LogP contribution is -2.42. The van der Waals surface area contributed by atoms with Crippen LogP contribution < -0.4 is 0 Å². The van der Waals surface area contributed by atoms with Crippen molar-refractivity contribution < 1.29 is 13.9 Å². The Morgan fingerprint density at radius 2 is 1.75 bits per heavy atom. The lowest BCUT2D eigenvalue weighted by atomic mass is 9.80. The third-order valence-corrected chi connectivity index (χ3v) is 2.99. The maximum atomic E-state index is 13.0. The van der Waals surface area contributed by atoms with Gasteiger partial charge in [-0.3, -0.25) is 0 Å². The third kappa shape index (κ3) is 3.52. The van der Waals surface area contributed by atoms with Crippen LogP contribution in [0.5, 0.6) is 0 Å². The zero-order valence-electron chi connectivity index (χ0n) is 9.25. The van der Waals surface area contributed by atoms with Gasteiger partial charge in [0.2, 0.25) is 0 Å².